The van der Waals surface area contributed by atoms with Crippen molar-refractivity contribution >= 4 is 12.4 Å². The summed E-state index contributed by atoms with van der Waals surface area (Å²) in [6.45, 7) is 7.82. The van der Waals surface area contributed by atoms with Crippen LogP contribution in [0.5, 0.6) is 0 Å². The molecule has 1 heterocycles. The van der Waals surface area contributed by atoms with Crippen molar-refractivity contribution in [1.29, 1.82) is 0 Å². The molecule has 17 heavy (non-hydrogen) atoms. The van der Waals surface area contributed by atoms with Crippen molar-refractivity contribution < 1.29 is 0 Å². The number of nitrogens with zero attached hydrogens (tertiary/aromatic N) is 2. The van der Waals surface area contributed by atoms with E-state index in [1.807, 2.05) is 24.4 Å². The van der Waals surface area contributed by atoms with Gasteiger partial charge in [0.25, 0.3) is 0 Å². The molecule has 0 atom stereocenters. The number of rotatable bonds is 3. The molecule has 0 bridgehead atoms. The van der Waals surface area contributed by atoms with Crippen LogP contribution in [0, 0.1) is 13.8 Å². The molecule has 0 aliphatic rings. The van der Waals surface area contributed by atoms with E-state index in [-0.39, 0.29) is 0 Å². The lowest BCUT2D eigenvalue weighted by molar-refractivity contribution is 1.06. The molecule has 2 heteroatoms. The molecule has 0 saturated carbocycles. The van der Waals surface area contributed by atoms with Gasteiger partial charge in [-0.3, -0.25) is 9.98 Å². The Balaban J connectivity index is 2.41. The molecule has 2 nitrogen and oxygen atoms in total. The van der Waals surface area contributed by atoms with Crippen LogP contribution in [0.1, 0.15) is 22.4 Å². The first-order chi connectivity index (χ1) is 8.20. The summed E-state index contributed by atoms with van der Waals surface area (Å²) >= 11 is 0. The second-order valence-corrected chi connectivity index (χ2v) is 4.25. The molecule has 0 spiro atoms. The van der Waals surface area contributed by atoms with Crippen molar-refractivity contribution in [2.24, 2.45) is 4.99 Å². The Morgan fingerprint density at radius 3 is 2.71 bits per heavy atom. The molecule has 0 fully saturated rings. The summed E-state index contributed by atoms with van der Waals surface area (Å²) in [6.07, 6.45) is 2.62. The molecule has 0 N–H and O–H groups in total. The average molecular weight is 224 g/mol. The minimum atomic E-state index is 0.803. The lowest BCUT2D eigenvalue weighted by Gasteiger charge is -2.09. The average Bonchev–Trinajstić information content (AvgIpc) is 2.30. The minimum Gasteiger partial charge on any atom is -0.264 e. The molecule has 86 valence electrons. The summed E-state index contributed by atoms with van der Waals surface area (Å²) in [5.41, 5.74) is 5.66. The Bertz CT molecular complexity index is 530. The second kappa shape index (κ2) is 4.91. The molecule has 1 aromatic carbocycles. The zero-order valence-electron chi connectivity index (χ0n) is 10.3. The van der Waals surface area contributed by atoms with Gasteiger partial charge in [0, 0.05) is 18.3 Å². The molecule has 0 saturated heterocycles. The fraction of sp³-hybridized carbons (Fsp3) is 0.200. The fourth-order valence-corrected chi connectivity index (χ4v) is 2.11. The van der Waals surface area contributed by atoms with E-state index in [2.05, 4.69) is 42.7 Å². The van der Waals surface area contributed by atoms with E-state index in [0.29, 0.717) is 0 Å². The van der Waals surface area contributed by atoms with Gasteiger partial charge in [-0.1, -0.05) is 23.8 Å². The molecule has 2 aromatic rings. The summed E-state index contributed by atoms with van der Waals surface area (Å²) in [7, 11) is 0. The number of aliphatic imine (C=N–C) groups is 1. The Morgan fingerprint density at radius 1 is 1.24 bits per heavy atom. The standard InChI is InChI=1S/C15H16N2/c1-11-8-12(2)15(16-3)13(9-11)10-14-6-4-5-7-17-14/h4-9H,3,10H2,1-2H3. The molecule has 0 unspecified atom stereocenters. The van der Waals surface area contributed by atoms with Crippen molar-refractivity contribution in [3.8, 4) is 0 Å². The molecule has 0 radical (unpaired) electrons. The number of aromatic nitrogens is 1. The van der Waals surface area contributed by atoms with E-state index in [4.69, 9.17) is 0 Å². The summed E-state index contributed by atoms with van der Waals surface area (Å²) in [6, 6.07) is 10.3. The van der Waals surface area contributed by atoms with Gasteiger partial charge in [0.15, 0.2) is 0 Å². The van der Waals surface area contributed by atoms with Crippen LogP contribution in [0.25, 0.3) is 0 Å². The predicted octanol–water partition coefficient (Wildman–Crippen LogP) is 3.62. The second-order valence-electron chi connectivity index (χ2n) is 4.25. The van der Waals surface area contributed by atoms with Crippen LogP contribution < -0.4 is 0 Å². The van der Waals surface area contributed by atoms with E-state index in [9.17, 15) is 0 Å². The van der Waals surface area contributed by atoms with Gasteiger partial charge in [0.05, 0.1) is 5.69 Å². The Morgan fingerprint density at radius 2 is 2.06 bits per heavy atom. The van der Waals surface area contributed by atoms with Gasteiger partial charge >= 0.3 is 0 Å². The quantitative estimate of drug-likeness (QED) is 0.731. The summed E-state index contributed by atoms with van der Waals surface area (Å²) in [5, 5.41) is 0. The third-order valence-electron chi connectivity index (χ3n) is 2.78. The number of hydrogen-bond donors (Lipinski definition) is 0. The number of benzene rings is 1. The lowest BCUT2D eigenvalue weighted by atomic mass is 10.0. The first-order valence-electron chi connectivity index (χ1n) is 5.67. The maximum absolute atomic E-state index is 4.35. The van der Waals surface area contributed by atoms with E-state index >= 15 is 0 Å². The first kappa shape index (κ1) is 11.5. The van der Waals surface area contributed by atoms with E-state index in [1.54, 1.807) is 0 Å². The summed E-state index contributed by atoms with van der Waals surface area (Å²) < 4.78 is 0. The largest absolute Gasteiger partial charge is 0.264 e. The Kier molecular flexibility index (Phi) is 3.33. The van der Waals surface area contributed by atoms with Gasteiger partial charge < -0.3 is 0 Å². The zero-order valence-corrected chi connectivity index (χ0v) is 10.3. The molecule has 0 aliphatic heterocycles. The number of pyridine rings is 1. The van der Waals surface area contributed by atoms with Crippen LogP contribution >= 0.6 is 0 Å². The third kappa shape index (κ3) is 2.59. The molecule has 1 aromatic heterocycles. The first-order valence-corrected chi connectivity index (χ1v) is 5.67. The van der Waals surface area contributed by atoms with Crippen LogP contribution in [-0.2, 0) is 6.42 Å². The lowest BCUT2D eigenvalue weighted by Crippen LogP contribution is -1.94. The van der Waals surface area contributed by atoms with E-state index in [1.165, 1.54) is 16.7 Å². The normalized spacial score (nSPS) is 10.2. The number of hydrogen-bond acceptors (Lipinski definition) is 2. The molecule has 0 aliphatic carbocycles. The van der Waals surface area contributed by atoms with Crippen LogP contribution in [0.15, 0.2) is 41.5 Å². The van der Waals surface area contributed by atoms with Crippen molar-refractivity contribution in [2.75, 3.05) is 0 Å². The molecule has 0 amide bonds. The van der Waals surface area contributed by atoms with Gasteiger partial charge in [-0.25, -0.2) is 0 Å². The van der Waals surface area contributed by atoms with Crippen LogP contribution in [-0.4, -0.2) is 11.7 Å². The molecule has 2 rings (SSSR count). The molecular weight excluding hydrogens is 208 g/mol. The van der Waals surface area contributed by atoms with Crippen LogP contribution in [0.4, 0.5) is 5.69 Å². The smallest absolute Gasteiger partial charge is 0.0687 e. The fourth-order valence-electron chi connectivity index (χ4n) is 2.11. The van der Waals surface area contributed by atoms with Crippen LogP contribution in [0.2, 0.25) is 0 Å². The van der Waals surface area contributed by atoms with Gasteiger partial charge in [-0.05, 0) is 43.8 Å². The van der Waals surface area contributed by atoms with Crippen molar-refractivity contribution in [1.82, 2.24) is 4.98 Å². The number of aryl methyl sites for hydroxylation is 2. The highest BCUT2D eigenvalue weighted by Gasteiger charge is 2.06. The van der Waals surface area contributed by atoms with Crippen molar-refractivity contribution in [2.45, 2.75) is 20.3 Å². The third-order valence-corrected chi connectivity index (χ3v) is 2.78. The molecular formula is C15H16N2. The van der Waals surface area contributed by atoms with Gasteiger partial charge in [-0.15, -0.1) is 0 Å². The van der Waals surface area contributed by atoms with Gasteiger partial charge in [-0.2, -0.15) is 0 Å². The highest BCUT2D eigenvalue weighted by Crippen LogP contribution is 2.27. The minimum absolute atomic E-state index is 0.803. The maximum Gasteiger partial charge on any atom is 0.0687 e. The van der Waals surface area contributed by atoms with E-state index < -0.39 is 0 Å². The zero-order chi connectivity index (χ0) is 12.3. The Hall–Kier alpha value is -1.96. The van der Waals surface area contributed by atoms with Gasteiger partial charge in [0.1, 0.15) is 0 Å². The highest BCUT2D eigenvalue weighted by atomic mass is 14.7. The maximum atomic E-state index is 4.35. The monoisotopic (exact) mass is 224 g/mol. The SMILES string of the molecule is C=Nc1c(C)cc(C)cc1Cc1ccccn1. The van der Waals surface area contributed by atoms with Gasteiger partial charge in [0.2, 0.25) is 0 Å². The Labute approximate surface area is 102 Å². The predicted molar refractivity (Wildman–Crippen MR) is 72.2 cm³/mol. The van der Waals surface area contributed by atoms with Crippen molar-refractivity contribution in [3.05, 3.63) is 58.9 Å². The van der Waals surface area contributed by atoms with E-state index in [0.717, 1.165) is 17.8 Å². The van der Waals surface area contributed by atoms with Crippen LogP contribution in [0.3, 0.4) is 0 Å². The highest BCUT2D eigenvalue weighted by molar-refractivity contribution is 5.58. The van der Waals surface area contributed by atoms with Crippen molar-refractivity contribution in [3.63, 3.8) is 0 Å². The summed E-state index contributed by atoms with van der Waals surface area (Å²) in [4.78, 5) is 8.48. The summed E-state index contributed by atoms with van der Waals surface area (Å²) in [5.74, 6) is 0. The topological polar surface area (TPSA) is 25.2 Å².